The van der Waals surface area contributed by atoms with Crippen molar-refractivity contribution in [2.75, 3.05) is 36.3 Å². The van der Waals surface area contributed by atoms with Gasteiger partial charge in [-0.3, -0.25) is 14.3 Å². The van der Waals surface area contributed by atoms with E-state index < -0.39 is 29.3 Å². The molecule has 2 amide bonds. The Bertz CT molecular complexity index is 1390. The number of benzene rings is 2. The van der Waals surface area contributed by atoms with Gasteiger partial charge in [0.2, 0.25) is 0 Å². The number of carbonyl (C=O) groups is 2. The maximum absolute atomic E-state index is 15.3. The Morgan fingerprint density at radius 2 is 1.74 bits per heavy atom. The topological polar surface area (TPSA) is 108 Å². The average molecular weight is 536 g/mol. The van der Waals surface area contributed by atoms with Crippen molar-refractivity contribution in [3.63, 3.8) is 0 Å². The molecule has 1 aromatic heterocycles. The van der Waals surface area contributed by atoms with Crippen LogP contribution in [-0.2, 0) is 15.2 Å². The maximum atomic E-state index is 15.3. The van der Waals surface area contributed by atoms with Gasteiger partial charge in [0.1, 0.15) is 5.57 Å². The number of aliphatic hydroxyl groups excluding tert-OH is 1. The summed E-state index contributed by atoms with van der Waals surface area (Å²) in [6.45, 7) is 5.83. The minimum Gasteiger partial charge on any atom is -0.478 e. The van der Waals surface area contributed by atoms with Gasteiger partial charge in [-0.2, -0.15) is 0 Å². The van der Waals surface area contributed by atoms with Gasteiger partial charge >= 0.3 is 0 Å². The first kappa shape index (κ1) is 27.7. The number of nitrogens with one attached hydrogen (secondary N) is 3. The van der Waals surface area contributed by atoms with Crippen molar-refractivity contribution in [3.05, 3.63) is 89.1 Å². The summed E-state index contributed by atoms with van der Waals surface area (Å²) in [5.41, 5.74) is 1.49. The molecule has 0 bridgehead atoms. The molecule has 3 aromatic rings. The van der Waals surface area contributed by atoms with Crippen molar-refractivity contribution in [3.8, 4) is 5.75 Å². The van der Waals surface area contributed by atoms with E-state index in [-0.39, 0.29) is 17.0 Å². The third-order valence-corrected chi connectivity index (χ3v) is 6.89. The fraction of sp³-hybridized carbons (Fsp3) is 0.310. The summed E-state index contributed by atoms with van der Waals surface area (Å²) in [7, 11) is 3.54. The number of halogens is 1. The molecule has 0 radical (unpaired) electrons. The molecule has 9 nitrogen and oxygen atoms in total. The van der Waals surface area contributed by atoms with Crippen LogP contribution in [0.5, 0.6) is 5.75 Å². The number of hydrogen-bond acceptors (Lipinski definition) is 6. The molecule has 2 aromatic carbocycles. The molecule has 0 saturated heterocycles. The molecule has 4 N–H and O–H groups in total. The zero-order valence-corrected chi connectivity index (χ0v) is 22.7. The Hall–Kier alpha value is -4.31. The van der Waals surface area contributed by atoms with Gasteiger partial charge in [0.15, 0.2) is 17.2 Å². The van der Waals surface area contributed by atoms with Gasteiger partial charge in [-0.05, 0) is 51.1 Å². The summed E-state index contributed by atoms with van der Waals surface area (Å²) >= 11 is 0. The molecule has 2 heterocycles. The van der Waals surface area contributed by atoms with Crippen molar-refractivity contribution in [2.45, 2.75) is 38.9 Å². The molecular formula is C29H34FN5O4. The molecule has 39 heavy (non-hydrogen) atoms. The van der Waals surface area contributed by atoms with Crippen LogP contribution in [0, 0.1) is 5.82 Å². The fourth-order valence-corrected chi connectivity index (χ4v) is 4.69. The summed E-state index contributed by atoms with van der Waals surface area (Å²) in [6, 6.07) is 14.7. The molecule has 2 atom stereocenters. The summed E-state index contributed by atoms with van der Waals surface area (Å²) in [6.07, 6.45) is 1.71. The van der Waals surface area contributed by atoms with Crippen LogP contribution in [0.4, 0.5) is 15.8 Å². The molecule has 206 valence electrons. The standard InChI is InChI=1S/C29H34FN5O4/c1-18(31-4)25(27(37)32-20-9-7-6-8-10-20)28(38)33-21-11-12-24(23(30)17-21)39-29(3)14-16-34(5)35-15-13-22(19(2)36)26(29)35/h6-13,15,17,19,31,36H,14,16H2,1-5H3,(H,32,37)(H,33,38)/b25-18+. The fourth-order valence-electron chi connectivity index (χ4n) is 4.69. The number of para-hydroxylation sites is 1. The van der Waals surface area contributed by atoms with Gasteiger partial charge in [-0.25, -0.2) is 4.39 Å². The maximum Gasteiger partial charge on any atom is 0.263 e. The van der Waals surface area contributed by atoms with Gasteiger partial charge in [-0.1, -0.05) is 18.2 Å². The number of amides is 2. The number of aliphatic hydroxyl groups is 1. The third kappa shape index (κ3) is 5.75. The second-order valence-electron chi connectivity index (χ2n) is 9.77. The Morgan fingerprint density at radius 1 is 1.08 bits per heavy atom. The number of ether oxygens (including phenoxy) is 1. The van der Waals surface area contributed by atoms with E-state index >= 15 is 4.39 Å². The lowest BCUT2D eigenvalue weighted by Gasteiger charge is -2.41. The Labute approximate surface area is 227 Å². The summed E-state index contributed by atoms with van der Waals surface area (Å²) in [4.78, 5) is 26.0. The molecule has 0 aliphatic carbocycles. The normalized spacial score (nSPS) is 18.0. The second-order valence-corrected chi connectivity index (χ2v) is 9.77. The first-order chi connectivity index (χ1) is 18.5. The van der Waals surface area contributed by atoms with Crippen LogP contribution in [-0.4, -0.2) is 42.2 Å². The summed E-state index contributed by atoms with van der Waals surface area (Å²) in [5.74, 6) is -1.95. The number of carbonyl (C=O) groups excluding carboxylic acids is 2. The molecule has 2 unspecified atom stereocenters. The van der Waals surface area contributed by atoms with Crippen LogP contribution in [0.25, 0.3) is 0 Å². The monoisotopic (exact) mass is 535 g/mol. The third-order valence-electron chi connectivity index (χ3n) is 6.89. The van der Waals surface area contributed by atoms with E-state index in [4.69, 9.17) is 4.74 Å². The van der Waals surface area contributed by atoms with Crippen LogP contribution in [0.3, 0.4) is 0 Å². The predicted octanol–water partition coefficient (Wildman–Crippen LogP) is 4.02. The molecule has 10 heteroatoms. The molecule has 1 aliphatic heterocycles. The number of anilines is 2. The smallest absolute Gasteiger partial charge is 0.263 e. The predicted molar refractivity (Wildman–Crippen MR) is 149 cm³/mol. The first-order valence-corrected chi connectivity index (χ1v) is 12.7. The number of nitrogens with zero attached hydrogens (tertiary/aromatic N) is 2. The van der Waals surface area contributed by atoms with E-state index in [1.807, 2.05) is 42.0 Å². The Balaban J connectivity index is 1.55. The highest BCUT2D eigenvalue weighted by molar-refractivity contribution is 6.26. The number of allylic oxidation sites excluding steroid dienone is 1. The number of fused-ring (bicyclic) bond motifs is 1. The van der Waals surface area contributed by atoms with Crippen LogP contribution < -0.4 is 25.7 Å². The lowest BCUT2D eigenvalue weighted by atomic mass is 9.91. The van der Waals surface area contributed by atoms with Crippen LogP contribution in [0.2, 0.25) is 0 Å². The summed E-state index contributed by atoms with van der Waals surface area (Å²) < 4.78 is 23.4. The van der Waals surface area contributed by atoms with E-state index in [0.717, 1.165) is 11.8 Å². The van der Waals surface area contributed by atoms with E-state index in [1.54, 1.807) is 45.2 Å². The zero-order chi connectivity index (χ0) is 28.3. The summed E-state index contributed by atoms with van der Waals surface area (Å²) in [5, 5.41) is 20.5. The highest BCUT2D eigenvalue weighted by atomic mass is 19.1. The quantitative estimate of drug-likeness (QED) is 0.197. The highest BCUT2D eigenvalue weighted by Gasteiger charge is 2.40. The number of rotatable bonds is 8. The van der Waals surface area contributed by atoms with Gasteiger partial charge in [0.05, 0.1) is 11.8 Å². The molecule has 0 fully saturated rings. The lowest BCUT2D eigenvalue weighted by molar-refractivity contribution is -0.118. The second kappa shape index (κ2) is 11.2. The average Bonchev–Trinajstić information content (AvgIpc) is 3.37. The van der Waals surface area contributed by atoms with Gasteiger partial charge in [-0.15, -0.1) is 0 Å². The molecule has 0 saturated carbocycles. The SMILES string of the molecule is CN/C(C)=C(\C(=O)Nc1ccccc1)C(=O)Nc1ccc(OC2(C)CCN(C)n3ccc(C(C)O)c32)c(F)c1. The van der Waals surface area contributed by atoms with Gasteiger partial charge < -0.3 is 30.8 Å². The van der Waals surface area contributed by atoms with Crippen LogP contribution >= 0.6 is 0 Å². The largest absolute Gasteiger partial charge is 0.478 e. The highest BCUT2D eigenvalue weighted by Crippen LogP contribution is 2.39. The van der Waals surface area contributed by atoms with Gasteiger partial charge in [0.25, 0.3) is 11.8 Å². The Kier molecular flexibility index (Phi) is 7.96. The molecular weight excluding hydrogens is 501 g/mol. The van der Waals surface area contributed by atoms with Crippen molar-refractivity contribution in [1.82, 2.24) is 9.99 Å². The van der Waals surface area contributed by atoms with E-state index in [2.05, 4.69) is 16.0 Å². The van der Waals surface area contributed by atoms with Crippen LogP contribution in [0.15, 0.2) is 72.1 Å². The molecule has 1 aliphatic rings. The van der Waals surface area contributed by atoms with E-state index in [9.17, 15) is 14.7 Å². The number of hydrogen-bond donors (Lipinski definition) is 4. The van der Waals surface area contributed by atoms with Crippen LogP contribution in [0.1, 0.15) is 44.6 Å². The molecule has 0 spiro atoms. The van der Waals surface area contributed by atoms with Crippen molar-refractivity contribution < 1.29 is 23.8 Å². The molecule has 4 rings (SSSR count). The first-order valence-electron chi connectivity index (χ1n) is 12.7. The Morgan fingerprint density at radius 3 is 2.36 bits per heavy atom. The zero-order valence-electron chi connectivity index (χ0n) is 22.7. The van der Waals surface area contributed by atoms with Crippen molar-refractivity contribution >= 4 is 23.2 Å². The van der Waals surface area contributed by atoms with Crippen molar-refractivity contribution in [1.29, 1.82) is 0 Å². The number of aromatic nitrogens is 1. The van der Waals surface area contributed by atoms with Crippen molar-refractivity contribution in [2.24, 2.45) is 0 Å². The minimum atomic E-state index is -0.900. The van der Waals surface area contributed by atoms with E-state index in [1.165, 1.54) is 12.1 Å². The van der Waals surface area contributed by atoms with E-state index in [0.29, 0.717) is 29.9 Å². The minimum absolute atomic E-state index is 0.00772. The lowest BCUT2D eigenvalue weighted by Crippen LogP contribution is -2.47. The van der Waals surface area contributed by atoms with Gasteiger partial charge in [0, 0.05) is 62.0 Å².